The molecule has 1 aliphatic rings. The summed E-state index contributed by atoms with van der Waals surface area (Å²) in [5.74, 6) is 0. The maximum Gasteiger partial charge on any atom is 0.180 e. The number of furan rings is 2. The van der Waals surface area contributed by atoms with Gasteiger partial charge in [0.25, 0.3) is 0 Å². The van der Waals surface area contributed by atoms with Crippen LogP contribution < -0.4 is 0 Å². The van der Waals surface area contributed by atoms with Crippen molar-refractivity contribution in [3.05, 3.63) is 308 Å². The fraction of sp³-hybridized carbons (Fsp3) is 0.164. The number of nitrogens with one attached hydrogen (secondary N) is 4. The lowest BCUT2D eigenvalue weighted by atomic mass is 10.5. The molecule has 22 heteroatoms. The Bertz CT molecular complexity index is 1900. The van der Waals surface area contributed by atoms with Gasteiger partial charge in [-0.3, -0.25) is 25.0 Å². The second-order valence-corrected chi connectivity index (χ2v) is 12.4. The number of hydrogen-bond acceptors (Lipinski definition) is 18. The lowest BCUT2D eigenvalue weighted by molar-refractivity contribution is 0.557. The Labute approximate surface area is 498 Å². The zero-order chi connectivity index (χ0) is 52.3. The standard InChI is InChI=1S/C5H5N.3C4H4N2.2C4H5N.2C4H4O.C4H4S.3C3H4N2.2C3H3NO.9CH4/c1-2-4-6-5-3-1;1-2-6-4-3-5-1;2*1-2-5-4-6-3-1;5*1-2-4-5-3-1;2*1-2-5-3-4-1;1-2-4-5-3-1;2*1-2-5-3-4-1;;;;;;;;;/h1-5H;3*1-4H;1,3-4H,2H2;1-5H;3*1-4H;3*1-3H,(H,4,5);2*1-3H;9*1H4. The monoisotopic (exact) mass is 1160 g/mol. The summed E-state index contributed by atoms with van der Waals surface area (Å²) in [6.07, 6.45) is 59.3. The fourth-order valence-electron chi connectivity index (χ4n) is 3.33. The zero-order valence-corrected chi connectivity index (χ0v) is 40.8. The molecular formula is C61H93N17O4S. The van der Waals surface area contributed by atoms with Crippen molar-refractivity contribution in [1.29, 1.82) is 0 Å². The normalized spacial score (nSPS) is 7.71. The van der Waals surface area contributed by atoms with E-state index in [4.69, 9.17) is 0 Å². The number of aromatic amines is 4. The van der Waals surface area contributed by atoms with Gasteiger partial charge in [-0.15, -0.1) is 0 Å². The van der Waals surface area contributed by atoms with Gasteiger partial charge in [0.15, 0.2) is 12.8 Å². The molecule has 0 bridgehead atoms. The lowest BCUT2D eigenvalue weighted by Gasteiger charge is -1.70. The number of aliphatic imine (C=N–C) groups is 1. The maximum atomic E-state index is 4.58. The van der Waals surface area contributed by atoms with E-state index in [2.05, 4.69) is 103 Å². The van der Waals surface area contributed by atoms with Crippen molar-refractivity contribution in [2.24, 2.45) is 4.99 Å². The first-order valence-electron chi connectivity index (χ1n) is 21.5. The van der Waals surface area contributed by atoms with Gasteiger partial charge in [-0.05, 0) is 77.5 Å². The quantitative estimate of drug-likeness (QED) is 0.110. The van der Waals surface area contributed by atoms with Crippen LogP contribution in [0.15, 0.2) is 330 Å². The van der Waals surface area contributed by atoms with Gasteiger partial charge in [-0.2, -0.15) is 16.4 Å². The first kappa shape index (κ1) is 91.8. The largest absolute Gasteiger partial charge is 0.473 e. The number of H-pyrrole nitrogens is 4. The van der Waals surface area contributed by atoms with Gasteiger partial charge >= 0.3 is 0 Å². The zero-order valence-electron chi connectivity index (χ0n) is 40.0. The highest BCUT2D eigenvalue weighted by molar-refractivity contribution is 7.07. The molecule has 0 radical (unpaired) electrons. The number of allylic oxidation sites excluding steroid dienone is 1. The van der Waals surface area contributed by atoms with Gasteiger partial charge in [-0.25, -0.2) is 39.9 Å². The first-order valence-corrected chi connectivity index (χ1v) is 22.5. The third-order valence-electron chi connectivity index (χ3n) is 6.22. The molecule has 0 aliphatic carbocycles. The van der Waals surface area contributed by atoms with Crippen LogP contribution in [-0.2, 0) is 0 Å². The van der Waals surface area contributed by atoms with Gasteiger partial charge in [0.05, 0.1) is 50.1 Å². The molecule has 0 fully saturated rings. The van der Waals surface area contributed by atoms with Crippen molar-refractivity contribution in [3.63, 3.8) is 0 Å². The van der Waals surface area contributed by atoms with Crippen LogP contribution in [0.3, 0.4) is 0 Å². The van der Waals surface area contributed by atoms with Crippen molar-refractivity contribution in [3.8, 4) is 0 Å². The molecule has 1 aliphatic heterocycles. The first-order chi connectivity index (χ1) is 37.0. The molecule has 0 spiro atoms. The van der Waals surface area contributed by atoms with Crippen molar-refractivity contribution in [1.82, 2.24) is 80.0 Å². The highest BCUT2D eigenvalue weighted by Gasteiger charge is 1.73. The number of rotatable bonds is 0. The molecule has 21 nitrogen and oxygen atoms in total. The molecule has 0 unspecified atom stereocenters. The highest BCUT2D eigenvalue weighted by atomic mass is 32.1. The van der Waals surface area contributed by atoms with Crippen LogP contribution in [0.2, 0.25) is 0 Å². The Morgan fingerprint density at radius 1 is 0.313 bits per heavy atom. The summed E-state index contributed by atoms with van der Waals surface area (Å²) in [5, 5.41) is 10.3. The van der Waals surface area contributed by atoms with Crippen molar-refractivity contribution in [2.45, 2.75) is 73.3 Å². The summed E-state index contributed by atoms with van der Waals surface area (Å²) in [6, 6.07) is 26.4. The van der Waals surface area contributed by atoms with Gasteiger partial charge in [0, 0.05) is 130 Å². The molecule has 14 rings (SSSR count). The second-order valence-electron chi connectivity index (χ2n) is 11.6. The Kier molecular flexibility index (Phi) is 97.4. The molecule has 13 aromatic rings. The number of thiophene rings is 1. The number of hydrogen-bond donors (Lipinski definition) is 4. The summed E-state index contributed by atoms with van der Waals surface area (Å²) in [4.78, 5) is 52.5. The van der Waals surface area contributed by atoms with Crippen molar-refractivity contribution < 1.29 is 17.7 Å². The predicted molar refractivity (Wildman–Crippen MR) is 344 cm³/mol. The van der Waals surface area contributed by atoms with Gasteiger partial charge < -0.3 is 32.6 Å². The number of pyridine rings is 1. The molecule has 0 saturated heterocycles. The topological polar surface area (TPSA) is 283 Å². The second kappa shape index (κ2) is 88.0. The minimum Gasteiger partial charge on any atom is -0.473 e. The van der Waals surface area contributed by atoms with Crippen LogP contribution in [0.25, 0.3) is 0 Å². The SMILES string of the molecule is C.C.C.C.C.C.C.C.C.C1=CN=CC1.c1c[nH]cn1.c1c[nH]cn1.c1cc[nH]c1.c1ccncc1.c1ccoc1.c1ccoc1.c1ccsc1.c1cn[nH]c1.c1cnccn1.c1cncnc1.c1cncnc1.c1cocn1.c1cocn1. The van der Waals surface area contributed by atoms with Crippen LogP contribution in [0, 0.1) is 0 Å². The van der Waals surface area contributed by atoms with E-state index in [0.29, 0.717) is 0 Å². The van der Waals surface area contributed by atoms with Crippen LogP contribution in [-0.4, -0.2) is 86.2 Å². The van der Waals surface area contributed by atoms with Crippen molar-refractivity contribution >= 4 is 17.6 Å². The molecule has 14 heterocycles. The summed E-state index contributed by atoms with van der Waals surface area (Å²) in [6.45, 7) is 0. The molecule has 0 aromatic carbocycles. The highest BCUT2D eigenvalue weighted by Crippen LogP contribution is 1.91. The molecule has 0 atom stereocenters. The minimum absolute atomic E-state index is 0. The molecule has 83 heavy (non-hydrogen) atoms. The molecule has 13 aromatic heterocycles. The average molecular weight is 1160 g/mol. The maximum absolute atomic E-state index is 4.58. The van der Waals surface area contributed by atoms with E-state index in [-0.39, 0.29) is 66.8 Å². The molecular weight excluding hydrogens is 1070 g/mol. The summed E-state index contributed by atoms with van der Waals surface area (Å²) in [7, 11) is 0. The summed E-state index contributed by atoms with van der Waals surface area (Å²) in [5.41, 5.74) is 0. The average Bonchev–Trinajstić information content (AvgIpc) is 4.33. The smallest absolute Gasteiger partial charge is 0.180 e. The molecule has 4 N–H and O–H groups in total. The van der Waals surface area contributed by atoms with Crippen LogP contribution in [0.1, 0.15) is 73.3 Å². The van der Waals surface area contributed by atoms with Gasteiger partial charge in [0.2, 0.25) is 0 Å². The van der Waals surface area contributed by atoms with E-state index in [1.807, 2.05) is 108 Å². The number of imidazole rings is 2. The van der Waals surface area contributed by atoms with Gasteiger partial charge in [0.1, 0.15) is 25.2 Å². The van der Waals surface area contributed by atoms with E-state index in [1.165, 1.54) is 38.0 Å². The lowest BCUT2D eigenvalue weighted by Crippen LogP contribution is -1.66. The van der Waals surface area contributed by atoms with Crippen molar-refractivity contribution in [2.75, 3.05) is 0 Å². The van der Waals surface area contributed by atoms with Crippen LogP contribution in [0.5, 0.6) is 0 Å². The van der Waals surface area contributed by atoms with E-state index in [9.17, 15) is 0 Å². The minimum atomic E-state index is 0. The third-order valence-corrected chi connectivity index (χ3v) is 6.85. The van der Waals surface area contributed by atoms with E-state index < -0.39 is 0 Å². The summed E-state index contributed by atoms with van der Waals surface area (Å²) >= 11 is 1.71. The summed E-state index contributed by atoms with van der Waals surface area (Å²) < 4.78 is 18.1. The Morgan fingerprint density at radius 3 is 0.880 bits per heavy atom. The van der Waals surface area contributed by atoms with E-state index in [1.54, 1.807) is 179 Å². The third kappa shape index (κ3) is 85.5. The molecule has 452 valence electrons. The fourth-order valence-corrected chi connectivity index (χ4v) is 3.79. The molecule has 0 saturated carbocycles. The number of oxazole rings is 2. The van der Waals surface area contributed by atoms with Crippen LogP contribution >= 0.6 is 11.3 Å². The van der Waals surface area contributed by atoms with Gasteiger partial charge in [-0.1, -0.05) is 91.1 Å². The Hall–Kier alpha value is -10.6. The predicted octanol–water partition coefficient (Wildman–Crippen LogP) is 17.1. The van der Waals surface area contributed by atoms with E-state index in [0.717, 1.165) is 6.42 Å². The number of nitrogens with zero attached hydrogens (tertiary/aromatic N) is 13. The Morgan fingerprint density at radius 2 is 0.759 bits per heavy atom. The number of aromatic nitrogens is 16. The van der Waals surface area contributed by atoms with Crippen LogP contribution in [0.4, 0.5) is 0 Å². The van der Waals surface area contributed by atoms with E-state index >= 15 is 0 Å². The molecule has 0 amide bonds. The Balaban J connectivity index is -0.000000101.